The second kappa shape index (κ2) is 4.07. The van der Waals surface area contributed by atoms with E-state index in [1.807, 2.05) is 0 Å². The molecule has 0 amide bonds. The molecule has 20 heavy (non-hydrogen) atoms. The molecule has 2 heteroatoms. The summed E-state index contributed by atoms with van der Waals surface area (Å²) in [5.41, 5.74) is 3.91. The highest BCUT2D eigenvalue weighted by atomic mass is 127. The van der Waals surface area contributed by atoms with Gasteiger partial charge in [-0.05, 0) is 48.1 Å². The topological polar surface area (TPSA) is 0 Å². The molecule has 2 saturated carbocycles. The van der Waals surface area contributed by atoms with Crippen LogP contribution in [0.3, 0.4) is 0 Å². The number of thiocarbonyl (C=S) groups is 1. The van der Waals surface area contributed by atoms with E-state index in [-0.39, 0.29) is 5.41 Å². The molecule has 1 spiro atoms. The molecule has 4 bridgehead atoms. The summed E-state index contributed by atoms with van der Waals surface area (Å²) >= 11 is 8.76. The van der Waals surface area contributed by atoms with Crippen molar-refractivity contribution in [2.24, 2.45) is 22.2 Å². The fraction of sp³-hybridized carbons (Fsp3) is 0.611. The smallest absolute Gasteiger partial charge is 0.0166 e. The third-order valence-electron chi connectivity index (χ3n) is 6.81. The molecule has 1 aromatic rings. The molecule has 0 nitrogen and oxygen atoms in total. The Labute approximate surface area is 140 Å². The number of benzene rings is 1. The number of halogens is 1. The lowest BCUT2D eigenvalue weighted by atomic mass is 9.65. The Hall–Kier alpha value is 0.0400. The number of hydrogen-bond donors (Lipinski definition) is 0. The maximum absolute atomic E-state index is 6.17. The summed E-state index contributed by atoms with van der Waals surface area (Å²) in [7, 11) is 0. The predicted molar refractivity (Wildman–Crippen MR) is 96.7 cm³/mol. The van der Waals surface area contributed by atoms with E-state index < -0.39 is 0 Å². The number of alkyl halides is 1. The van der Waals surface area contributed by atoms with Gasteiger partial charge in [-0.3, -0.25) is 0 Å². The van der Waals surface area contributed by atoms with Gasteiger partial charge in [-0.25, -0.2) is 0 Å². The van der Waals surface area contributed by atoms with Crippen LogP contribution in [0.2, 0.25) is 0 Å². The van der Waals surface area contributed by atoms with Crippen LogP contribution >= 0.6 is 34.8 Å². The molecular weight excluding hydrogens is 375 g/mol. The van der Waals surface area contributed by atoms with Gasteiger partial charge in [-0.1, -0.05) is 72.9 Å². The lowest BCUT2D eigenvalue weighted by molar-refractivity contribution is 0.140. The van der Waals surface area contributed by atoms with Gasteiger partial charge < -0.3 is 0 Å². The zero-order valence-electron chi connectivity index (χ0n) is 12.2. The Morgan fingerprint density at radius 1 is 1.15 bits per heavy atom. The largest absolute Gasteiger partial charge is 0.0884 e. The standard InChI is InChI=1S/C18H21IS/c1-16(2)14-7-8-18(16,11-19)15(20)17(14)9-12-3-4-13(10-17)6-5-12/h3-6,14H,7-11H2,1-2H3. The summed E-state index contributed by atoms with van der Waals surface area (Å²) in [6.07, 6.45) is 5.04. The first-order chi connectivity index (χ1) is 9.46. The van der Waals surface area contributed by atoms with Gasteiger partial charge >= 0.3 is 0 Å². The zero-order chi connectivity index (χ0) is 14.2. The number of rotatable bonds is 1. The van der Waals surface area contributed by atoms with Crippen LogP contribution in [0.5, 0.6) is 0 Å². The van der Waals surface area contributed by atoms with Crippen LogP contribution in [0.1, 0.15) is 37.8 Å². The fourth-order valence-corrected chi connectivity index (χ4v) is 8.42. The zero-order valence-corrected chi connectivity index (χ0v) is 15.2. The first-order valence-electron chi connectivity index (χ1n) is 7.65. The van der Waals surface area contributed by atoms with E-state index in [2.05, 4.69) is 60.7 Å². The van der Waals surface area contributed by atoms with Gasteiger partial charge in [0.25, 0.3) is 0 Å². The molecule has 106 valence electrons. The Kier molecular flexibility index (Phi) is 2.78. The molecule has 2 fully saturated rings. The van der Waals surface area contributed by atoms with Crippen LogP contribution in [0.15, 0.2) is 24.3 Å². The molecule has 1 aromatic carbocycles. The van der Waals surface area contributed by atoms with Crippen LogP contribution in [0, 0.1) is 22.2 Å². The Morgan fingerprint density at radius 2 is 1.70 bits per heavy atom. The molecule has 0 N–H and O–H groups in total. The average molecular weight is 396 g/mol. The van der Waals surface area contributed by atoms with Crippen LogP contribution in [0.25, 0.3) is 0 Å². The van der Waals surface area contributed by atoms with Gasteiger partial charge in [0.15, 0.2) is 0 Å². The van der Waals surface area contributed by atoms with E-state index in [0.29, 0.717) is 10.8 Å². The lowest BCUT2D eigenvalue weighted by Crippen LogP contribution is -2.43. The second-order valence-electron chi connectivity index (χ2n) is 7.68. The van der Waals surface area contributed by atoms with Crippen molar-refractivity contribution in [2.75, 3.05) is 4.43 Å². The maximum Gasteiger partial charge on any atom is 0.0166 e. The minimum absolute atomic E-state index is 0.264. The highest BCUT2D eigenvalue weighted by Crippen LogP contribution is 2.72. The van der Waals surface area contributed by atoms with Gasteiger partial charge in [0, 0.05) is 20.1 Å². The van der Waals surface area contributed by atoms with Crippen molar-refractivity contribution in [3.63, 3.8) is 0 Å². The van der Waals surface area contributed by atoms with Crippen molar-refractivity contribution >= 4 is 39.7 Å². The number of hydrogen-bond acceptors (Lipinski definition) is 1. The molecule has 4 aliphatic rings. The molecule has 4 aliphatic carbocycles. The monoisotopic (exact) mass is 396 g/mol. The minimum Gasteiger partial charge on any atom is -0.0884 e. The Morgan fingerprint density at radius 3 is 2.15 bits per heavy atom. The second-order valence-corrected chi connectivity index (χ2v) is 8.86. The number of fused-ring (bicyclic) bond motifs is 4. The Balaban J connectivity index is 1.90. The summed E-state index contributed by atoms with van der Waals surface area (Å²) in [4.78, 5) is 1.42. The van der Waals surface area contributed by atoms with Crippen molar-refractivity contribution in [1.82, 2.24) is 0 Å². The highest BCUT2D eigenvalue weighted by molar-refractivity contribution is 14.1. The molecule has 2 unspecified atom stereocenters. The molecule has 2 atom stereocenters. The average Bonchev–Trinajstić information content (AvgIpc) is 2.63. The fourth-order valence-electron chi connectivity index (χ4n) is 5.69. The van der Waals surface area contributed by atoms with Crippen LogP contribution in [-0.2, 0) is 12.8 Å². The van der Waals surface area contributed by atoms with E-state index in [1.165, 1.54) is 46.1 Å². The van der Waals surface area contributed by atoms with Gasteiger partial charge in [-0.15, -0.1) is 0 Å². The molecule has 0 heterocycles. The van der Waals surface area contributed by atoms with E-state index in [9.17, 15) is 0 Å². The normalized spacial score (nSPS) is 35.8. The minimum atomic E-state index is 0.264. The highest BCUT2D eigenvalue weighted by Gasteiger charge is 2.71. The van der Waals surface area contributed by atoms with E-state index >= 15 is 0 Å². The van der Waals surface area contributed by atoms with Gasteiger partial charge in [0.1, 0.15) is 0 Å². The van der Waals surface area contributed by atoms with Crippen LogP contribution in [-0.4, -0.2) is 9.29 Å². The summed E-state index contributed by atoms with van der Waals surface area (Å²) in [5, 5.41) is 0. The van der Waals surface area contributed by atoms with Gasteiger partial charge in [0.2, 0.25) is 0 Å². The van der Waals surface area contributed by atoms with E-state index in [1.54, 1.807) is 0 Å². The summed E-state index contributed by atoms with van der Waals surface area (Å²) in [6.45, 7) is 4.99. The van der Waals surface area contributed by atoms with Crippen molar-refractivity contribution in [1.29, 1.82) is 0 Å². The molecule has 0 radical (unpaired) electrons. The van der Waals surface area contributed by atoms with Crippen LogP contribution < -0.4 is 0 Å². The van der Waals surface area contributed by atoms with E-state index in [4.69, 9.17) is 12.2 Å². The quantitative estimate of drug-likeness (QED) is 0.365. The molecule has 0 saturated heterocycles. The van der Waals surface area contributed by atoms with Crippen molar-refractivity contribution in [3.8, 4) is 0 Å². The third-order valence-corrected chi connectivity index (χ3v) is 8.91. The summed E-state index contributed by atoms with van der Waals surface area (Å²) in [5.74, 6) is 0.766. The summed E-state index contributed by atoms with van der Waals surface area (Å²) in [6, 6.07) is 9.29. The maximum atomic E-state index is 6.17. The van der Waals surface area contributed by atoms with Gasteiger partial charge in [-0.2, -0.15) is 0 Å². The molecular formula is C18H21IS. The molecule has 0 aliphatic heterocycles. The third kappa shape index (κ3) is 1.36. The summed E-state index contributed by atoms with van der Waals surface area (Å²) < 4.78 is 1.19. The molecule has 5 rings (SSSR count). The first-order valence-corrected chi connectivity index (χ1v) is 9.58. The van der Waals surface area contributed by atoms with Crippen LogP contribution in [0.4, 0.5) is 0 Å². The van der Waals surface area contributed by atoms with E-state index in [0.717, 1.165) is 5.92 Å². The van der Waals surface area contributed by atoms with Gasteiger partial charge in [0.05, 0.1) is 0 Å². The Bertz CT molecular complexity index is 561. The SMILES string of the molecule is CC1(C)C2CCC1(CI)C(=S)C21Cc2ccc(cc2)C1. The van der Waals surface area contributed by atoms with Crippen molar-refractivity contribution in [3.05, 3.63) is 35.4 Å². The lowest BCUT2D eigenvalue weighted by Gasteiger charge is -2.40. The predicted octanol–water partition coefficient (Wildman–Crippen LogP) is 5.01. The molecule has 0 aromatic heterocycles. The van der Waals surface area contributed by atoms with Crippen molar-refractivity contribution in [2.45, 2.75) is 39.5 Å². The first kappa shape index (κ1) is 13.7. The van der Waals surface area contributed by atoms with Crippen molar-refractivity contribution < 1.29 is 0 Å².